The number of nitrogens with zero attached hydrogens (tertiary/aromatic N) is 2. The quantitative estimate of drug-likeness (QED) is 0.749. The van der Waals surface area contributed by atoms with Crippen molar-refractivity contribution in [2.45, 2.75) is 38.7 Å². The van der Waals surface area contributed by atoms with Crippen molar-refractivity contribution >= 4 is 0 Å². The predicted molar refractivity (Wildman–Crippen MR) is 52.4 cm³/mol. The average Bonchev–Trinajstić information content (AvgIpc) is 2.51. The van der Waals surface area contributed by atoms with Crippen LogP contribution >= 0.6 is 0 Å². The van der Waals surface area contributed by atoms with Gasteiger partial charge in [0.15, 0.2) is 0 Å². The van der Waals surface area contributed by atoms with Gasteiger partial charge in [0.2, 0.25) is 0 Å². The first-order chi connectivity index (χ1) is 6.22. The maximum atomic E-state index is 9.32. The summed E-state index contributed by atoms with van der Waals surface area (Å²) in [5.74, 6) is 0. The summed E-state index contributed by atoms with van der Waals surface area (Å²) in [4.78, 5) is 0. The average molecular weight is 182 g/mol. The molecule has 0 spiro atoms. The molecule has 3 nitrogen and oxygen atoms in total. The zero-order chi connectivity index (χ0) is 9.68. The number of rotatable bonds is 5. The van der Waals surface area contributed by atoms with Gasteiger partial charge >= 0.3 is 0 Å². The van der Waals surface area contributed by atoms with Gasteiger partial charge in [0.1, 0.15) is 0 Å². The molecule has 0 aliphatic heterocycles. The van der Waals surface area contributed by atoms with E-state index in [2.05, 4.69) is 5.10 Å². The molecule has 1 aromatic heterocycles. The minimum atomic E-state index is -0.128. The molecule has 1 aromatic rings. The van der Waals surface area contributed by atoms with Crippen LogP contribution in [0.4, 0.5) is 0 Å². The van der Waals surface area contributed by atoms with E-state index in [1.807, 2.05) is 31.0 Å². The van der Waals surface area contributed by atoms with E-state index in [9.17, 15) is 5.11 Å². The summed E-state index contributed by atoms with van der Waals surface area (Å²) in [6.07, 6.45) is 7.59. The zero-order valence-corrected chi connectivity index (χ0v) is 8.40. The molecule has 74 valence electrons. The second-order valence-corrected chi connectivity index (χ2v) is 3.48. The van der Waals surface area contributed by atoms with E-state index in [0.29, 0.717) is 0 Å². The normalized spacial score (nSPS) is 13.2. The zero-order valence-electron chi connectivity index (χ0n) is 8.40. The third-order valence-electron chi connectivity index (χ3n) is 2.23. The lowest BCUT2D eigenvalue weighted by atomic mass is 10.1. The monoisotopic (exact) mass is 182 g/mol. The van der Waals surface area contributed by atoms with Gasteiger partial charge in [-0.2, -0.15) is 5.10 Å². The molecule has 0 aliphatic carbocycles. The number of hydrogen-bond donors (Lipinski definition) is 1. The highest BCUT2D eigenvalue weighted by Gasteiger charge is 2.01. The van der Waals surface area contributed by atoms with Gasteiger partial charge in [-0.1, -0.05) is 6.92 Å². The summed E-state index contributed by atoms with van der Waals surface area (Å²) in [5, 5.41) is 13.4. The summed E-state index contributed by atoms with van der Waals surface area (Å²) in [6.45, 7) is 2.01. The van der Waals surface area contributed by atoms with Gasteiger partial charge in [0, 0.05) is 13.2 Å². The van der Waals surface area contributed by atoms with Crippen LogP contribution in [0.25, 0.3) is 0 Å². The summed E-state index contributed by atoms with van der Waals surface area (Å²) in [7, 11) is 1.92. The van der Waals surface area contributed by atoms with E-state index in [4.69, 9.17) is 0 Å². The lowest BCUT2D eigenvalue weighted by molar-refractivity contribution is 0.158. The highest BCUT2D eigenvalue weighted by molar-refractivity contribution is 5.03. The summed E-state index contributed by atoms with van der Waals surface area (Å²) in [5.41, 5.74) is 1.26. The third kappa shape index (κ3) is 3.59. The molecule has 1 unspecified atom stereocenters. The number of aromatic nitrogens is 2. The van der Waals surface area contributed by atoms with Gasteiger partial charge in [-0.3, -0.25) is 4.68 Å². The molecule has 1 N–H and O–H groups in total. The smallest absolute Gasteiger partial charge is 0.0537 e. The second kappa shape index (κ2) is 5.02. The fourth-order valence-corrected chi connectivity index (χ4v) is 1.35. The van der Waals surface area contributed by atoms with Crippen LogP contribution in [0.1, 0.15) is 31.7 Å². The van der Waals surface area contributed by atoms with Crippen LogP contribution in [0.15, 0.2) is 12.4 Å². The molecule has 1 rings (SSSR count). The minimum Gasteiger partial charge on any atom is -0.393 e. The molecule has 1 heterocycles. The Morgan fingerprint density at radius 3 is 2.92 bits per heavy atom. The van der Waals surface area contributed by atoms with Crippen LogP contribution < -0.4 is 0 Å². The fourth-order valence-electron chi connectivity index (χ4n) is 1.35. The van der Waals surface area contributed by atoms with Crippen molar-refractivity contribution in [2.24, 2.45) is 7.05 Å². The molecule has 0 aromatic carbocycles. The summed E-state index contributed by atoms with van der Waals surface area (Å²) >= 11 is 0. The van der Waals surface area contributed by atoms with Crippen LogP contribution in [0.2, 0.25) is 0 Å². The van der Waals surface area contributed by atoms with Crippen molar-refractivity contribution in [3.63, 3.8) is 0 Å². The number of hydrogen-bond acceptors (Lipinski definition) is 2. The Morgan fingerprint density at radius 2 is 2.38 bits per heavy atom. The maximum Gasteiger partial charge on any atom is 0.0537 e. The van der Waals surface area contributed by atoms with Crippen molar-refractivity contribution in [2.75, 3.05) is 0 Å². The minimum absolute atomic E-state index is 0.128. The molecular formula is C10H18N2O. The Kier molecular flexibility index (Phi) is 3.96. The van der Waals surface area contributed by atoms with Crippen LogP contribution in [-0.4, -0.2) is 21.0 Å². The Balaban J connectivity index is 2.20. The first-order valence-corrected chi connectivity index (χ1v) is 4.88. The van der Waals surface area contributed by atoms with Crippen LogP contribution in [0, 0.1) is 0 Å². The molecule has 0 fully saturated rings. The lowest BCUT2D eigenvalue weighted by Gasteiger charge is -2.05. The Hall–Kier alpha value is -0.830. The highest BCUT2D eigenvalue weighted by Crippen LogP contribution is 2.07. The molecule has 0 saturated heterocycles. The second-order valence-electron chi connectivity index (χ2n) is 3.48. The van der Waals surface area contributed by atoms with Crippen LogP contribution in [0.3, 0.4) is 0 Å². The molecule has 13 heavy (non-hydrogen) atoms. The van der Waals surface area contributed by atoms with E-state index in [-0.39, 0.29) is 6.10 Å². The largest absolute Gasteiger partial charge is 0.393 e. The van der Waals surface area contributed by atoms with Crippen molar-refractivity contribution in [3.8, 4) is 0 Å². The molecule has 1 atom stereocenters. The fraction of sp³-hybridized carbons (Fsp3) is 0.700. The molecule has 0 aliphatic rings. The third-order valence-corrected chi connectivity index (χ3v) is 2.23. The topological polar surface area (TPSA) is 38.1 Å². The van der Waals surface area contributed by atoms with Gasteiger partial charge in [0.05, 0.1) is 12.3 Å². The van der Waals surface area contributed by atoms with Gasteiger partial charge in [-0.25, -0.2) is 0 Å². The predicted octanol–water partition coefficient (Wildman–Crippen LogP) is 1.51. The number of aryl methyl sites for hydroxylation is 2. The Bertz CT molecular complexity index is 245. The van der Waals surface area contributed by atoms with Gasteiger partial charge in [0.25, 0.3) is 0 Å². The Morgan fingerprint density at radius 1 is 1.62 bits per heavy atom. The maximum absolute atomic E-state index is 9.32. The van der Waals surface area contributed by atoms with Gasteiger partial charge in [-0.05, 0) is 31.2 Å². The Labute approximate surface area is 79.4 Å². The molecule has 3 heteroatoms. The first-order valence-electron chi connectivity index (χ1n) is 4.88. The molecule has 0 saturated carbocycles. The molecule has 0 amide bonds. The van der Waals surface area contributed by atoms with Crippen molar-refractivity contribution in [1.82, 2.24) is 9.78 Å². The molecule has 0 bridgehead atoms. The number of aliphatic hydroxyl groups is 1. The van der Waals surface area contributed by atoms with Crippen LogP contribution in [-0.2, 0) is 13.5 Å². The highest BCUT2D eigenvalue weighted by atomic mass is 16.3. The van der Waals surface area contributed by atoms with E-state index in [1.54, 1.807) is 0 Å². The summed E-state index contributed by atoms with van der Waals surface area (Å²) < 4.78 is 1.81. The summed E-state index contributed by atoms with van der Waals surface area (Å²) in [6, 6.07) is 0. The van der Waals surface area contributed by atoms with E-state index in [1.165, 1.54) is 5.56 Å². The van der Waals surface area contributed by atoms with Gasteiger partial charge in [-0.15, -0.1) is 0 Å². The molecular weight excluding hydrogens is 164 g/mol. The standard InChI is InChI=1S/C10H18N2O/c1-3-10(13)6-4-5-9-7-11-12(2)8-9/h7-8,10,13H,3-6H2,1-2H3. The van der Waals surface area contributed by atoms with E-state index in [0.717, 1.165) is 25.7 Å². The van der Waals surface area contributed by atoms with Crippen molar-refractivity contribution in [3.05, 3.63) is 18.0 Å². The van der Waals surface area contributed by atoms with Crippen molar-refractivity contribution < 1.29 is 5.11 Å². The van der Waals surface area contributed by atoms with Crippen LogP contribution in [0.5, 0.6) is 0 Å². The molecule has 0 radical (unpaired) electrons. The van der Waals surface area contributed by atoms with E-state index < -0.39 is 0 Å². The lowest BCUT2D eigenvalue weighted by Crippen LogP contribution is -2.04. The number of aliphatic hydroxyl groups excluding tert-OH is 1. The van der Waals surface area contributed by atoms with E-state index >= 15 is 0 Å². The van der Waals surface area contributed by atoms with Gasteiger partial charge < -0.3 is 5.11 Å². The SMILES string of the molecule is CCC(O)CCCc1cnn(C)c1. The first kappa shape index (κ1) is 10.3. The van der Waals surface area contributed by atoms with Crippen molar-refractivity contribution in [1.29, 1.82) is 0 Å².